The van der Waals surface area contributed by atoms with Crippen LogP contribution in [0.4, 0.5) is 0 Å². The van der Waals surface area contributed by atoms with E-state index in [0.717, 1.165) is 50.5 Å². The lowest BCUT2D eigenvalue weighted by molar-refractivity contribution is -0.153. The standard InChI is InChI=1S/C29H50N6O/c30-34-32-19-23-15-10-18-25-27(23)29(36)35(24-16-8-3-9-17-24)26(33-25)20-31-28(21-11-4-1-5-12-21)22-13-6-2-7-14-22/h21-28,31,33H,1-20H2. The molecule has 0 aromatic heterocycles. The second kappa shape index (κ2) is 13.0. The molecule has 5 rings (SSSR count). The van der Waals surface area contributed by atoms with Crippen molar-refractivity contribution in [3.63, 3.8) is 0 Å². The van der Waals surface area contributed by atoms with Gasteiger partial charge in [0.15, 0.2) is 0 Å². The van der Waals surface area contributed by atoms with Crippen LogP contribution in [0, 0.1) is 23.7 Å². The van der Waals surface area contributed by atoms with E-state index in [1.54, 1.807) is 0 Å². The summed E-state index contributed by atoms with van der Waals surface area (Å²) in [5, 5.41) is 12.1. The number of nitrogens with zero attached hydrogens (tertiary/aromatic N) is 4. The van der Waals surface area contributed by atoms with Crippen LogP contribution in [0.1, 0.15) is 116 Å². The molecule has 4 atom stereocenters. The molecule has 1 heterocycles. The molecule has 2 N–H and O–H groups in total. The van der Waals surface area contributed by atoms with Crippen LogP contribution in [0.25, 0.3) is 10.4 Å². The van der Waals surface area contributed by atoms with Crippen LogP contribution in [0.5, 0.6) is 0 Å². The van der Waals surface area contributed by atoms with Gasteiger partial charge in [0.2, 0.25) is 5.91 Å². The summed E-state index contributed by atoms with van der Waals surface area (Å²) >= 11 is 0. The van der Waals surface area contributed by atoms with Crippen molar-refractivity contribution in [3.05, 3.63) is 10.4 Å². The summed E-state index contributed by atoms with van der Waals surface area (Å²) in [6, 6.07) is 1.19. The summed E-state index contributed by atoms with van der Waals surface area (Å²) in [5.41, 5.74) is 8.93. The van der Waals surface area contributed by atoms with Crippen molar-refractivity contribution in [1.82, 2.24) is 15.5 Å². The average Bonchev–Trinajstić information content (AvgIpc) is 2.93. The van der Waals surface area contributed by atoms with Gasteiger partial charge in [-0.05, 0) is 74.7 Å². The van der Waals surface area contributed by atoms with Crippen LogP contribution >= 0.6 is 0 Å². The highest BCUT2D eigenvalue weighted by molar-refractivity contribution is 5.81. The highest BCUT2D eigenvalue weighted by Crippen LogP contribution is 2.39. The van der Waals surface area contributed by atoms with Gasteiger partial charge in [0, 0.05) is 36.1 Å². The second-order valence-electron chi connectivity index (χ2n) is 12.7. The minimum absolute atomic E-state index is 0.0325. The smallest absolute Gasteiger partial charge is 0.229 e. The molecule has 1 saturated heterocycles. The van der Waals surface area contributed by atoms with E-state index < -0.39 is 0 Å². The van der Waals surface area contributed by atoms with Gasteiger partial charge in [-0.1, -0.05) is 69.3 Å². The number of rotatable bonds is 8. The Bertz CT molecular complexity index is 733. The monoisotopic (exact) mass is 498 g/mol. The first kappa shape index (κ1) is 26.3. The van der Waals surface area contributed by atoms with E-state index in [9.17, 15) is 4.79 Å². The zero-order valence-corrected chi connectivity index (χ0v) is 22.5. The Morgan fingerprint density at radius 1 is 0.861 bits per heavy atom. The Hall–Kier alpha value is -1.30. The summed E-state index contributed by atoms with van der Waals surface area (Å²) in [6.45, 7) is 1.34. The molecule has 7 heteroatoms. The Balaban J connectivity index is 1.33. The maximum atomic E-state index is 14.2. The van der Waals surface area contributed by atoms with Crippen LogP contribution in [0.2, 0.25) is 0 Å². The van der Waals surface area contributed by atoms with Gasteiger partial charge < -0.3 is 10.2 Å². The number of nitrogens with one attached hydrogen (secondary N) is 2. The zero-order chi connectivity index (χ0) is 24.7. The third-order valence-electron chi connectivity index (χ3n) is 10.5. The molecule has 4 aliphatic carbocycles. The predicted octanol–water partition coefficient (Wildman–Crippen LogP) is 6.29. The van der Waals surface area contributed by atoms with Crippen LogP contribution in [-0.4, -0.2) is 48.2 Å². The number of hydrogen-bond acceptors (Lipinski definition) is 4. The third-order valence-corrected chi connectivity index (χ3v) is 10.5. The SMILES string of the molecule is [N-]=[N+]=NCC1CCCC2NC(CNC(C3CCCCC3)C3CCCCC3)N(C3CCCCC3)C(=O)C12. The van der Waals surface area contributed by atoms with Crippen LogP contribution in [0.15, 0.2) is 5.11 Å². The van der Waals surface area contributed by atoms with Gasteiger partial charge in [0.1, 0.15) is 0 Å². The first-order valence-electron chi connectivity index (χ1n) is 15.6. The van der Waals surface area contributed by atoms with E-state index in [1.165, 1.54) is 83.5 Å². The van der Waals surface area contributed by atoms with E-state index >= 15 is 0 Å². The number of carbonyl (C=O) groups is 1. The van der Waals surface area contributed by atoms with Gasteiger partial charge >= 0.3 is 0 Å². The number of fused-ring (bicyclic) bond motifs is 1. The summed E-state index contributed by atoms with van der Waals surface area (Å²) < 4.78 is 0. The lowest BCUT2D eigenvalue weighted by Crippen LogP contribution is -2.70. The Kier molecular flexibility index (Phi) is 9.48. The van der Waals surface area contributed by atoms with Gasteiger partial charge in [-0.2, -0.15) is 0 Å². The molecule has 0 spiro atoms. The van der Waals surface area contributed by atoms with E-state index in [1.807, 2.05) is 0 Å². The van der Waals surface area contributed by atoms with Crippen molar-refractivity contribution in [3.8, 4) is 0 Å². The topological polar surface area (TPSA) is 93.1 Å². The van der Waals surface area contributed by atoms with Crippen molar-refractivity contribution >= 4 is 5.91 Å². The average molecular weight is 499 g/mol. The molecule has 1 aliphatic heterocycles. The summed E-state index contributed by atoms with van der Waals surface area (Å²) in [6.07, 6.45) is 23.2. The van der Waals surface area contributed by atoms with E-state index in [2.05, 4.69) is 25.6 Å². The highest BCUT2D eigenvalue weighted by Gasteiger charge is 2.48. The van der Waals surface area contributed by atoms with Gasteiger partial charge in [-0.25, -0.2) is 0 Å². The minimum Gasteiger partial charge on any atom is -0.323 e. The Morgan fingerprint density at radius 2 is 1.47 bits per heavy atom. The molecule has 5 aliphatic rings. The van der Waals surface area contributed by atoms with Gasteiger partial charge in [-0.3, -0.25) is 10.1 Å². The quantitative estimate of drug-likeness (QED) is 0.234. The van der Waals surface area contributed by atoms with Gasteiger partial charge in [0.25, 0.3) is 0 Å². The fraction of sp³-hybridized carbons (Fsp3) is 0.966. The van der Waals surface area contributed by atoms with Crippen molar-refractivity contribution in [2.75, 3.05) is 13.1 Å². The first-order chi connectivity index (χ1) is 17.8. The van der Waals surface area contributed by atoms with Crippen molar-refractivity contribution < 1.29 is 4.79 Å². The fourth-order valence-electron chi connectivity index (χ4n) is 8.75. The molecule has 0 radical (unpaired) electrons. The maximum absolute atomic E-state index is 14.2. The number of azide groups is 1. The van der Waals surface area contributed by atoms with E-state index in [0.29, 0.717) is 24.5 Å². The molecule has 5 fully saturated rings. The molecule has 4 saturated carbocycles. The van der Waals surface area contributed by atoms with Crippen LogP contribution < -0.4 is 10.6 Å². The molecule has 0 aromatic carbocycles. The lowest BCUT2D eigenvalue weighted by Gasteiger charge is -2.52. The summed E-state index contributed by atoms with van der Waals surface area (Å²) in [5.74, 6) is 2.11. The molecule has 1 amide bonds. The predicted molar refractivity (Wildman–Crippen MR) is 144 cm³/mol. The van der Waals surface area contributed by atoms with E-state index in [-0.39, 0.29) is 24.0 Å². The number of amides is 1. The lowest BCUT2D eigenvalue weighted by atomic mass is 9.72. The summed E-state index contributed by atoms with van der Waals surface area (Å²) in [4.78, 5) is 19.5. The Morgan fingerprint density at radius 3 is 2.08 bits per heavy atom. The molecule has 202 valence electrons. The minimum atomic E-state index is -0.0325. The molecule has 0 aromatic rings. The van der Waals surface area contributed by atoms with Crippen molar-refractivity contribution in [2.45, 2.75) is 140 Å². The molecular formula is C29H50N6O. The molecule has 7 nitrogen and oxygen atoms in total. The summed E-state index contributed by atoms with van der Waals surface area (Å²) in [7, 11) is 0. The Labute approximate surface area is 218 Å². The molecule has 36 heavy (non-hydrogen) atoms. The van der Waals surface area contributed by atoms with Crippen molar-refractivity contribution in [1.29, 1.82) is 0 Å². The molecule has 0 bridgehead atoms. The van der Waals surface area contributed by atoms with Crippen LogP contribution in [0.3, 0.4) is 0 Å². The van der Waals surface area contributed by atoms with E-state index in [4.69, 9.17) is 5.53 Å². The normalized spacial score (nSPS) is 33.4. The third kappa shape index (κ3) is 6.05. The maximum Gasteiger partial charge on any atom is 0.229 e. The number of hydrogen-bond donors (Lipinski definition) is 2. The van der Waals surface area contributed by atoms with Crippen molar-refractivity contribution in [2.24, 2.45) is 28.8 Å². The van der Waals surface area contributed by atoms with Gasteiger partial charge in [-0.15, -0.1) is 0 Å². The zero-order valence-electron chi connectivity index (χ0n) is 22.5. The van der Waals surface area contributed by atoms with Gasteiger partial charge in [0.05, 0.1) is 12.1 Å². The first-order valence-corrected chi connectivity index (χ1v) is 15.6. The molecular weight excluding hydrogens is 448 g/mol. The largest absolute Gasteiger partial charge is 0.323 e. The molecule has 4 unspecified atom stereocenters. The number of carbonyl (C=O) groups excluding carboxylic acids is 1. The second-order valence-corrected chi connectivity index (χ2v) is 12.7. The van der Waals surface area contributed by atoms with Crippen LogP contribution in [-0.2, 0) is 4.79 Å². The fourth-order valence-corrected chi connectivity index (χ4v) is 8.75. The highest BCUT2D eigenvalue weighted by atomic mass is 16.2.